The fourth-order valence-electron chi connectivity index (χ4n) is 6.23. The molecule has 0 aliphatic rings. The smallest absolute Gasteiger partial charge is 0.337 e. The van der Waals surface area contributed by atoms with Gasteiger partial charge in [-0.3, -0.25) is 0 Å². The molecule has 6 nitrogen and oxygen atoms in total. The van der Waals surface area contributed by atoms with Crippen molar-refractivity contribution in [2.75, 3.05) is 0 Å². The molecule has 1 aromatic rings. The molecule has 42 heavy (non-hydrogen) atoms. The average molecular weight is 589 g/mol. The van der Waals surface area contributed by atoms with Crippen LogP contribution in [-0.4, -0.2) is 33.2 Å². The Kier molecular flexibility index (Phi) is 20.7. The maximum atomic E-state index is 12.6. The first-order valence-electron chi connectivity index (χ1n) is 17.2. The molecule has 0 saturated carbocycles. The van der Waals surface area contributed by atoms with Crippen LogP contribution >= 0.6 is 0 Å². The monoisotopic (exact) mass is 588 g/mol. The molecule has 1 aromatic carbocycles. The van der Waals surface area contributed by atoms with Gasteiger partial charge in [0.1, 0.15) is 0 Å². The molecule has 0 aliphatic heterocycles. The minimum atomic E-state index is -1.46. The van der Waals surface area contributed by atoms with E-state index in [-0.39, 0.29) is 11.1 Å². The fraction of sp³-hybridized carbons (Fsp3) is 0.750. The van der Waals surface area contributed by atoms with E-state index in [1.165, 1.54) is 64.2 Å². The number of carboxylic acids is 3. The summed E-state index contributed by atoms with van der Waals surface area (Å²) in [7, 11) is 0. The maximum absolute atomic E-state index is 12.6. The van der Waals surface area contributed by atoms with Crippen molar-refractivity contribution in [3.8, 4) is 0 Å². The number of benzene rings is 1. The van der Waals surface area contributed by atoms with Crippen LogP contribution in [-0.2, 0) is 19.3 Å². The lowest BCUT2D eigenvalue weighted by atomic mass is 9.80. The van der Waals surface area contributed by atoms with Crippen LogP contribution in [0.3, 0.4) is 0 Å². The third-order valence-electron chi connectivity index (χ3n) is 8.56. The highest BCUT2D eigenvalue weighted by molar-refractivity contribution is 6.11. The summed E-state index contributed by atoms with van der Waals surface area (Å²) >= 11 is 0. The number of rotatable bonds is 27. The van der Waals surface area contributed by atoms with Crippen LogP contribution < -0.4 is 0 Å². The Bertz CT molecular complexity index is 878. The Morgan fingerprint density at radius 1 is 0.357 bits per heavy atom. The van der Waals surface area contributed by atoms with Crippen LogP contribution in [0, 0.1) is 0 Å². The second kappa shape index (κ2) is 23.1. The summed E-state index contributed by atoms with van der Waals surface area (Å²) in [4.78, 5) is 37.7. The van der Waals surface area contributed by atoms with Gasteiger partial charge >= 0.3 is 17.9 Å². The van der Waals surface area contributed by atoms with Crippen LogP contribution in [0.5, 0.6) is 0 Å². The normalized spacial score (nSPS) is 11.2. The predicted molar refractivity (Wildman–Crippen MR) is 172 cm³/mol. The summed E-state index contributed by atoms with van der Waals surface area (Å²) in [5.41, 5.74) is 0.818. The second-order valence-corrected chi connectivity index (χ2v) is 12.1. The van der Waals surface area contributed by atoms with Gasteiger partial charge in [0.05, 0.1) is 16.7 Å². The van der Waals surface area contributed by atoms with Crippen molar-refractivity contribution in [2.45, 2.75) is 175 Å². The maximum Gasteiger partial charge on any atom is 0.337 e. The largest absolute Gasteiger partial charge is 0.478 e. The zero-order valence-corrected chi connectivity index (χ0v) is 27.0. The summed E-state index contributed by atoms with van der Waals surface area (Å²) in [6.45, 7) is 6.57. The van der Waals surface area contributed by atoms with E-state index in [0.29, 0.717) is 30.4 Å². The summed E-state index contributed by atoms with van der Waals surface area (Å²) in [5, 5.41) is 30.7. The zero-order chi connectivity index (χ0) is 31.2. The van der Waals surface area contributed by atoms with Gasteiger partial charge in [0, 0.05) is 0 Å². The van der Waals surface area contributed by atoms with E-state index in [2.05, 4.69) is 20.8 Å². The van der Waals surface area contributed by atoms with Crippen LogP contribution in [0.4, 0.5) is 0 Å². The number of hydrogen-bond acceptors (Lipinski definition) is 3. The predicted octanol–water partition coefficient (Wildman–Crippen LogP) is 10.7. The Balaban J connectivity index is 3.41. The van der Waals surface area contributed by atoms with E-state index in [9.17, 15) is 29.7 Å². The Morgan fingerprint density at radius 3 is 0.857 bits per heavy atom. The third-order valence-corrected chi connectivity index (χ3v) is 8.56. The van der Waals surface area contributed by atoms with Crippen LogP contribution in [0.1, 0.15) is 203 Å². The van der Waals surface area contributed by atoms with E-state index in [1.807, 2.05) is 0 Å². The van der Waals surface area contributed by atoms with Gasteiger partial charge < -0.3 is 15.3 Å². The van der Waals surface area contributed by atoms with Crippen molar-refractivity contribution in [3.05, 3.63) is 33.4 Å². The topological polar surface area (TPSA) is 112 Å². The third kappa shape index (κ3) is 13.7. The van der Waals surface area contributed by atoms with Gasteiger partial charge in [-0.05, 0) is 55.2 Å². The number of unbranched alkanes of at least 4 members (excludes halogenated alkanes) is 18. The number of carbonyl (C=O) groups is 3. The Labute approximate surface area is 255 Å². The molecule has 0 spiro atoms. The second-order valence-electron chi connectivity index (χ2n) is 12.1. The lowest BCUT2D eigenvalue weighted by Gasteiger charge is -2.23. The molecular formula is C36H60O6. The molecule has 0 atom stereocenters. The van der Waals surface area contributed by atoms with Crippen LogP contribution in [0.15, 0.2) is 0 Å². The molecule has 0 radical (unpaired) electrons. The molecule has 240 valence electrons. The van der Waals surface area contributed by atoms with Gasteiger partial charge in [0.2, 0.25) is 0 Å². The van der Waals surface area contributed by atoms with Crippen molar-refractivity contribution < 1.29 is 29.7 Å². The lowest BCUT2D eigenvalue weighted by molar-refractivity contribution is 0.0631. The summed E-state index contributed by atoms with van der Waals surface area (Å²) in [5.74, 6) is -4.14. The molecule has 0 aromatic heterocycles. The molecule has 3 N–H and O–H groups in total. The van der Waals surface area contributed by atoms with E-state index < -0.39 is 23.5 Å². The summed E-state index contributed by atoms with van der Waals surface area (Å²) in [6, 6.07) is 0. The first kappa shape index (κ1) is 37.7. The highest BCUT2D eigenvalue weighted by Gasteiger charge is 2.32. The fourth-order valence-corrected chi connectivity index (χ4v) is 6.23. The quantitative estimate of drug-likeness (QED) is 0.0881. The molecule has 0 heterocycles. The van der Waals surface area contributed by atoms with Gasteiger partial charge in [-0.1, -0.05) is 136 Å². The van der Waals surface area contributed by atoms with E-state index in [1.54, 1.807) is 0 Å². The Hall–Kier alpha value is -2.37. The number of carboxylic acid groups (broad SMARTS) is 3. The number of hydrogen-bond donors (Lipinski definition) is 3. The lowest BCUT2D eigenvalue weighted by Crippen LogP contribution is -2.23. The van der Waals surface area contributed by atoms with Crippen LogP contribution in [0.25, 0.3) is 0 Å². The molecule has 0 unspecified atom stereocenters. The first-order chi connectivity index (χ1) is 20.3. The molecule has 6 heteroatoms. The molecule has 0 bridgehead atoms. The number of aromatic carboxylic acids is 3. The molecule has 0 saturated heterocycles. The van der Waals surface area contributed by atoms with Gasteiger partial charge in [-0.15, -0.1) is 0 Å². The van der Waals surface area contributed by atoms with Crippen molar-refractivity contribution >= 4 is 17.9 Å². The highest BCUT2D eigenvalue weighted by atomic mass is 16.4. The molecule has 1 rings (SSSR count). The summed E-state index contributed by atoms with van der Waals surface area (Å²) < 4.78 is 0. The molecule has 0 amide bonds. The van der Waals surface area contributed by atoms with E-state index >= 15 is 0 Å². The van der Waals surface area contributed by atoms with E-state index in [4.69, 9.17) is 0 Å². The average Bonchev–Trinajstić information content (AvgIpc) is 2.95. The minimum absolute atomic E-state index is 0.299. The zero-order valence-electron chi connectivity index (χ0n) is 27.0. The van der Waals surface area contributed by atoms with Gasteiger partial charge in [0.15, 0.2) is 0 Å². The van der Waals surface area contributed by atoms with Crippen molar-refractivity contribution in [3.63, 3.8) is 0 Å². The summed E-state index contributed by atoms with van der Waals surface area (Å²) in [6.07, 6.45) is 24.4. The minimum Gasteiger partial charge on any atom is -0.478 e. The van der Waals surface area contributed by atoms with Crippen LogP contribution in [0.2, 0.25) is 0 Å². The van der Waals surface area contributed by atoms with Crippen molar-refractivity contribution in [1.82, 2.24) is 0 Å². The first-order valence-corrected chi connectivity index (χ1v) is 17.2. The highest BCUT2D eigenvalue weighted by Crippen LogP contribution is 2.33. The van der Waals surface area contributed by atoms with E-state index in [0.717, 1.165) is 76.2 Å². The van der Waals surface area contributed by atoms with Gasteiger partial charge in [0.25, 0.3) is 0 Å². The standard InChI is InChI=1S/C36H60O6/c1-4-7-10-13-16-19-22-25-28-29(26-23-20-17-14-11-8-5-2)31(34(37)38)33(36(41)42)32(35(39)40)30(28)27-24-21-18-15-12-9-6-3/h4-27H2,1-3H3,(H,37,38)(H,39,40)(H,41,42). The van der Waals surface area contributed by atoms with Gasteiger partial charge in [-0.2, -0.15) is 0 Å². The van der Waals surface area contributed by atoms with Crippen molar-refractivity contribution in [2.24, 2.45) is 0 Å². The SMILES string of the molecule is CCCCCCCCCc1c(CCCCCCCCC)c(C(=O)O)c(C(=O)O)c(C(=O)O)c1CCCCCCCCC. The van der Waals surface area contributed by atoms with Gasteiger partial charge in [-0.25, -0.2) is 14.4 Å². The molecule has 0 aliphatic carbocycles. The molecular weight excluding hydrogens is 528 g/mol. The molecule has 0 fully saturated rings. The Morgan fingerprint density at radius 2 is 0.595 bits per heavy atom. The van der Waals surface area contributed by atoms with Crippen molar-refractivity contribution in [1.29, 1.82) is 0 Å².